The monoisotopic (exact) mass is 333 g/mol. The van der Waals surface area contributed by atoms with E-state index in [0.29, 0.717) is 26.2 Å². The van der Waals surface area contributed by atoms with Crippen molar-refractivity contribution in [1.82, 2.24) is 9.80 Å². The maximum atomic E-state index is 12.5. The van der Waals surface area contributed by atoms with E-state index in [1.54, 1.807) is 37.8 Å². The third-order valence-electron chi connectivity index (χ3n) is 3.60. The second kappa shape index (κ2) is 6.90. The van der Waals surface area contributed by atoms with Gasteiger partial charge < -0.3 is 24.4 Å². The molecule has 0 N–H and O–H groups in total. The summed E-state index contributed by atoms with van der Waals surface area (Å²) in [5, 5.41) is 11.1. The summed E-state index contributed by atoms with van der Waals surface area (Å²) in [6.45, 7) is 6.70. The van der Waals surface area contributed by atoms with Gasteiger partial charge in [0.2, 0.25) is 0 Å². The van der Waals surface area contributed by atoms with Crippen molar-refractivity contribution < 1.29 is 24.2 Å². The molecule has 7 heteroatoms. The van der Waals surface area contributed by atoms with Gasteiger partial charge in [0.15, 0.2) is 0 Å². The van der Waals surface area contributed by atoms with E-state index in [1.807, 2.05) is 0 Å². The third-order valence-corrected chi connectivity index (χ3v) is 3.60. The van der Waals surface area contributed by atoms with Crippen molar-refractivity contribution in [2.24, 2.45) is 0 Å². The fraction of sp³-hybridized carbons (Fsp3) is 0.471. The standard InChI is InChI=1S/C17H22N2O5/c1-17(2,3)24-16(23)19-10-8-18(9-11-19)14(20)12-6-4-5-7-13(12)15(21)22/h4-7H,8-11H2,1-3H3,(H,21,22)/p-1. The lowest BCUT2D eigenvalue weighted by Gasteiger charge is -2.35. The molecule has 24 heavy (non-hydrogen) atoms. The van der Waals surface area contributed by atoms with Gasteiger partial charge in [0.05, 0.1) is 5.97 Å². The second-order valence-electron chi connectivity index (χ2n) is 6.59. The summed E-state index contributed by atoms with van der Waals surface area (Å²) in [6, 6.07) is 5.96. The largest absolute Gasteiger partial charge is 0.545 e. The Hall–Kier alpha value is -2.57. The van der Waals surface area contributed by atoms with E-state index in [4.69, 9.17) is 4.74 Å². The highest BCUT2D eigenvalue weighted by atomic mass is 16.6. The summed E-state index contributed by atoms with van der Waals surface area (Å²) in [5.41, 5.74) is -0.599. The lowest BCUT2D eigenvalue weighted by molar-refractivity contribution is -0.255. The maximum Gasteiger partial charge on any atom is 0.410 e. The molecule has 0 aliphatic carbocycles. The minimum absolute atomic E-state index is 0.100. The van der Waals surface area contributed by atoms with Crippen LogP contribution in [-0.2, 0) is 4.74 Å². The lowest BCUT2D eigenvalue weighted by Crippen LogP contribution is -2.51. The highest BCUT2D eigenvalue weighted by Crippen LogP contribution is 2.15. The van der Waals surface area contributed by atoms with Gasteiger partial charge in [-0.15, -0.1) is 0 Å². The van der Waals surface area contributed by atoms with Gasteiger partial charge in [-0.25, -0.2) is 4.79 Å². The van der Waals surface area contributed by atoms with Crippen LogP contribution in [0, 0.1) is 0 Å². The first-order valence-electron chi connectivity index (χ1n) is 7.76. The second-order valence-corrected chi connectivity index (χ2v) is 6.59. The van der Waals surface area contributed by atoms with Crippen LogP contribution in [-0.4, -0.2) is 59.5 Å². The summed E-state index contributed by atoms with van der Waals surface area (Å²) in [4.78, 5) is 38.8. The molecule has 130 valence electrons. The predicted octanol–water partition coefficient (Wildman–Crippen LogP) is 0.743. The van der Waals surface area contributed by atoms with E-state index in [-0.39, 0.29) is 17.0 Å². The number of carbonyl (C=O) groups is 3. The van der Waals surface area contributed by atoms with Gasteiger partial charge in [0.1, 0.15) is 5.60 Å². The quantitative estimate of drug-likeness (QED) is 0.796. The predicted molar refractivity (Wildman–Crippen MR) is 84.5 cm³/mol. The van der Waals surface area contributed by atoms with Gasteiger partial charge in [-0.3, -0.25) is 4.79 Å². The van der Waals surface area contributed by atoms with Gasteiger partial charge in [0.25, 0.3) is 5.91 Å². The fourth-order valence-electron chi connectivity index (χ4n) is 2.44. The average molecular weight is 333 g/mol. The van der Waals surface area contributed by atoms with E-state index in [0.717, 1.165) is 0 Å². The highest BCUT2D eigenvalue weighted by Gasteiger charge is 2.28. The number of rotatable bonds is 2. The molecule has 1 aromatic carbocycles. The zero-order chi connectivity index (χ0) is 17.9. The molecule has 2 rings (SSSR count). The fourth-order valence-corrected chi connectivity index (χ4v) is 2.44. The summed E-state index contributed by atoms with van der Waals surface area (Å²) in [6.07, 6.45) is -0.412. The number of nitrogens with zero attached hydrogens (tertiary/aromatic N) is 2. The molecule has 1 heterocycles. The molecule has 0 spiro atoms. The minimum atomic E-state index is -1.38. The molecule has 0 saturated carbocycles. The van der Waals surface area contributed by atoms with Crippen molar-refractivity contribution in [3.63, 3.8) is 0 Å². The van der Waals surface area contributed by atoms with Gasteiger partial charge in [0, 0.05) is 37.3 Å². The molecule has 0 radical (unpaired) electrons. The van der Waals surface area contributed by atoms with Crippen LogP contribution in [0.1, 0.15) is 41.5 Å². The molecule has 0 bridgehead atoms. The van der Waals surface area contributed by atoms with Gasteiger partial charge in [-0.05, 0) is 26.8 Å². The maximum absolute atomic E-state index is 12.5. The number of carbonyl (C=O) groups excluding carboxylic acids is 3. The topological polar surface area (TPSA) is 90.0 Å². The first kappa shape index (κ1) is 17.8. The zero-order valence-corrected chi connectivity index (χ0v) is 14.1. The molecule has 0 aromatic heterocycles. The lowest BCUT2D eigenvalue weighted by atomic mass is 10.1. The number of piperazine rings is 1. The number of carboxylic acid groups (broad SMARTS) is 1. The van der Waals surface area contributed by atoms with Crippen molar-refractivity contribution in [3.8, 4) is 0 Å². The minimum Gasteiger partial charge on any atom is -0.545 e. The van der Waals surface area contributed by atoms with Crippen LogP contribution in [0.2, 0.25) is 0 Å². The Morgan fingerprint density at radius 1 is 0.958 bits per heavy atom. The molecule has 1 aliphatic rings. The summed E-state index contributed by atoms with van der Waals surface area (Å²) in [7, 11) is 0. The van der Waals surface area contributed by atoms with Crippen LogP contribution in [0.5, 0.6) is 0 Å². The Balaban J connectivity index is 2.01. The number of ether oxygens (including phenoxy) is 1. The van der Waals surface area contributed by atoms with Crippen molar-refractivity contribution in [2.45, 2.75) is 26.4 Å². The average Bonchev–Trinajstić information content (AvgIpc) is 2.52. The van der Waals surface area contributed by atoms with Crippen molar-refractivity contribution in [2.75, 3.05) is 26.2 Å². The number of hydrogen-bond donors (Lipinski definition) is 0. The van der Waals surface area contributed by atoms with Gasteiger partial charge >= 0.3 is 6.09 Å². The van der Waals surface area contributed by atoms with Crippen molar-refractivity contribution >= 4 is 18.0 Å². The Bertz CT molecular complexity index is 643. The van der Waals surface area contributed by atoms with Crippen LogP contribution >= 0.6 is 0 Å². The molecule has 1 fully saturated rings. The molecule has 2 amide bonds. The molecule has 1 aromatic rings. The normalized spacial score (nSPS) is 15.1. The van der Waals surface area contributed by atoms with E-state index >= 15 is 0 Å². The van der Waals surface area contributed by atoms with E-state index in [9.17, 15) is 19.5 Å². The van der Waals surface area contributed by atoms with Crippen LogP contribution in [0.3, 0.4) is 0 Å². The van der Waals surface area contributed by atoms with Gasteiger partial charge in [-0.2, -0.15) is 0 Å². The van der Waals surface area contributed by atoms with Crippen molar-refractivity contribution in [1.29, 1.82) is 0 Å². The summed E-state index contributed by atoms with van der Waals surface area (Å²) < 4.78 is 5.31. The zero-order valence-electron chi connectivity index (χ0n) is 14.1. The van der Waals surface area contributed by atoms with Crippen LogP contribution in [0.15, 0.2) is 24.3 Å². The van der Waals surface area contributed by atoms with E-state index < -0.39 is 17.7 Å². The Kier molecular flexibility index (Phi) is 5.11. The summed E-state index contributed by atoms with van der Waals surface area (Å²) >= 11 is 0. The number of hydrogen-bond acceptors (Lipinski definition) is 5. The van der Waals surface area contributed by atoms with Crippen LogP contribution in [0.4, 0.5) is 4.79 Å². The van der Waals surface area contributed by atoms with Crippen LogP contribution < -0.4 is 5.11 Å². The third kappa shape index (κ3) is 4.24. The molecule has 0 atom stereocenters. The van der Waals surface area contributed by atoms with Gasteiger partial charge in [-0.1, -0.05) is 18.2 Å². The molecular formula is C17H21N2O5-. The number of benzene rings is 1. The first-order valence-corrected chi connectivity index (χ1v) is 7.76. The number of amides is 2. The molecule has 0 unspecified atom stereocenters. The van der Waals surface area contributed by atoms with Crippen molar-refractivity contribution in [3.05, 3.63) is 35.4 Å². The number of aromatic carboxylic acids is 1. The smallest absolute Gasteiger partial charge is 0.410 e. The molecule has 7 nitrogen and oxygen atoms in total. The Labute approximate surface area is 140 Å². The molecular weight excluding hydrogens is 312 g/mol. The van der Waals surface area contributed by atoms with E-state index in [2.05, 4.69) is 0 Å². The van der Waals surface area contributed by atoms with Crippen LogP contribution in [0.25, 0.3) is 0 Å². The highest BCUT2D eigenvalue weighted by molar-refractivity contribution is 6.04. The summed E-state index contributed by atoms with van der Waals surface area (Å²) in [5.74, 6) is -1.76. The van der Waals surface area contributed by atoms with E-state index in [1.165, 1.54) is 17.0 Å². The number of carboxylic acids is 1. The molecule has 1 saturated heterocycles. The first-order chi connectivity index (χ1) is 11.2. The SMILES string of the molecule is CC(C)(C)OC(=O)N1CCN(C(=O)c2ccccc2C(=O)[O-])CC1. The Morgan fingerprint density at radius 2 is 1.46 bits per heavy atom. The Morgan fingerprint density at radius 3 is 1.96 bits per heavy atom. The molecule has 1 aliphatic heterocycles.